The van der Waals surface area contributed by atoms with Crippen LogP contribution in [0, 0.1) is 17.1 Å². The van der Waals surface area contributed by atoms with Gasteiger partial charge in [-0.05, 0) is 24.6 Å². The van der Waals surface area contributed by atoms with Gasteiger partial charge in [0.05, 0.1) is 17.3 Å². The Kier molecular flexibility index (Phi) is 3.82. The van der Waals surface area contributed by atoms with Gasteiger partial charge in [-0.2, -0.15) is 5.26 Å². The van der Waals surface area contributed by atoms with Crippen LogP contribution in [-0.4, -0.2) is 24.5 Å². The Morgan fingerprint density at radius 2 is 2.26 bits per heavy atom. The molecule has 1 aliphatic heterocycles. The Hall–Kier alpha value is -1.93. The van der Waals surface area contributed by atoms with Gasteiger partial charge in [0.15, 0.2) is 0 Å². The maximum Gasteiger partial charge on any atom is 0.244 e. The van der Waals surface area contributed by atoms with E-state index in [-0.39, 0.29) is 23.6 Å². The molecule has 5 heteroatoms. The molecule has 1 fully saturated rings. The van der Waals surface area contributed by atoms with Crippen LogP contribution in [0.5, 0.6) is 0 Å². The molecular formula is C14H16FN3O. The second-order valence-corrected chi connectivity index (χ2v) is 4.93. The Labute approximate surface area is 111 Å². The summed E-state index contributed by atoms with van der Waals surface area (Å²) >= 11 is 0. The number of rotatable bonds is 3. The van der Waals surface area contributed by atoms with Crippen molar-refractivity contribution in [3.63, 3.8) is 0 Å². The van der Waals surface area contributed by atoms with Crippen LogP contribution in [0.15, 0.2) is 18.2 Å². The van der Waals surface area contributed by atoms with Gasteiger partial charge in [0.2, 0.25) is 5.91 Å². The first-order valence-electron chi connectivity index (χ1n) is 6.30. The van der Waals surface area contributed by atoms with E-state index in [0.717, 1.165) is 6.07 Å². The van der Waals surface area contributed by atoms with Crippen LogP contribution in [0.4, 0.5) is 10.1 Å². The first kappa shape index (κ1) is 13.5. The lowest BCUT2D eigenvalue weighted by Gasteiger charge is -2.19. The zero-order valence-corrected chi connectivity index (χ0v) is 11.0. The highest BCUT2D eigenvalue weighted by molar-refractivity contribution is 6.00. The van der Waals surface area contributed by atoms with Gasteiger partial charge in [-0.3, -0.25) is 4.79 Å². The summed E-state index contributed by atoms with van der Waals surface area (Å²) in [7, 11) is 0. The molecule has 1 aliphatic rings. The minimum absolute atomic E-state index is 0.0585. The third-order valence-electron chi connectivity index (χ3n) is 3.11. The second kappa shape index (κ2) is 5.37. The van der Waals surface area contributed by atoms with Gasteiger partial charge in [0.1, 0.15) is 11.9 Å². The average molecular weight is 261 g/mol. The zero-order valence-electron chi connectivity index (χ0n) is 11.0. The molecule has 4 nitrogen and oxygen atoms in total. The molecule has 1 atom stereocenters. The van der Waals surface area contributed by atoms with Crippen molar-refractivity contribution in [2.24, 2.45) is 0 Å². The summed E-state index contributed by atoms with van der Waals surface area (Å²) in [6.07, 6.45) is 0.694. The largest absolute Gasteiger partial charge is 0.310 e. The van der Waals surface area contributed by atoms with E-state index in [1.807, 2.05) is 19.9 Å². The van der Waals surface area contributed by atoms with E-state index in [0.29, 0.717) is 18.7 Å². The molecule has 19 heavy (non-hydrogen) atoms. The van der Waals surface area contributed by atoms with Crippen molar-refractivity contribution < 1.29 is 9.18 Å². The Balaban J connectivity index is 2.25. The highest BCUT2D eigenvalue weighted by Crippen LogP contribution is 2.26. The molecular weight excluding hydrogens is 245 g/mol. The van der Waals surface area contributed by atoms with Crippen LogP contribution < -0.4 is 10.2 Å². The topological polar surface area (TPSA) is 56.1 Å². The fourth-order valence-electron chi connectivity index (χ4n) is 2.31. The molecule has 2 rings (SSSR count). The molecule has 1 amide bonds. The average Bonchev–Trinajstić information content (AvgIpc) is 2.70. The Morgan fingerprint density at radius 1 is 1.53 bits per heavy atom. The van der Waals surface area contributed by atoms with Gasteiger partial charge in [-0.25, -0.2) is 4.39 Å². The van der Waals surface area contributed by atoms with Gasteiger partial charge in [0.25, 0.3) is 0 Å². The summed E-state index contributed by atoms with van der Waals surface area (Å²) < 4.78 is 13.1. The Bertz CT molecular complexity index is 536. The molecule has 1 saturated heterocycles. The molecule has 1 aromatic rings. The van der Waals surface area contributed by atoms with Gasteiger partial charge < -0.3 is 10.2 Å². The minimum atomic E-state index is -0.469. The summed E-state index contributed by atoms with van der Waals surface area (Å²) in [5.74, 6) is -0.527. The number of nitrogens with zero attached hydrogens (tertiary/aromatic N) is 2. The maximum absolute atomic E-state index is 13.1. The third kappa shape index (κ3) is 2.74. The van der Waals surface area contributed by atoms with Crippen LogP contribution in [0.2, 0.25) is 0 Å². The van der Waals surface area contributed by atoms with Crippen LogP contribution in [0.1, 0.15) is 25.8 Å². The number of hydrogen-bond donors (Lipinski definition) is 1. The first-order valence-corrected chi connectivity index (χ1v) is 6.30. The number of nitrogens with one attached hydrogen (secondary N) is 1. The van der Waals surface area contributed by atoms with E-state index in [4.69, 9.17) is 5.26 Å². The summed E-state index contributed by atoms with van der Waals surface area (Å²) in [4.78, 5) is 13.8. The molecule has 1 unspecified atom stereocenters. The van der Waals surface area contributed by atoms with E-state index in [9.17, 15) is 9.18 Å². The normalized spacial score (nSPS) is 19.0. The fraction of sp³-hybridized carbons (Fsp3) is 0.429. The molecule has 0 radical (unpaired) electrons. The number of halogens is 1. The molecule has 0 aliphatic carbocycles. The second-order valence-electron chi connectivity index (χ2n) is 4.93. The molecule has 1 N–H and O–H groups in total. The molecule has 0 spiro atoms. The Morgan fingerprint density at radius 3 is 2.89 bits per heavy atom. The van der Waals surface area contributed by atoms with Crippen LogP contribution in [0.3, 0.4) is 0 Å². The predicted octanol–water partition coefficient (Wildman–Crippen LogP) is 1.80. The lowest BCUT2D eigenvalue weighted by molar-refractivity contribution is -0.118. The van der Waals surface area contributed by atoms with Gasteiger partial charge in [-0.1, -0.05) is 13.8 Å². The lowest BCUT2D eigenvalue weighted by atomic mass is 10.1. The van der Waals surface area contributed by atoms with E-state index in [1.54, 1.807) is 4.90 Å². The number of carbonyl (C=O) groups excluding carboxylic acids is 1. The number of benzene rings is 1. The van der Waals surface area contributed by atoms with E-state index in [1.165, 1.54) is 12.1 Å². The first-order chi connectivity index (χ1) is 9.02. The molecule has 1 heterocycles. The summed E-state index contributed by atoms with van der Waals surface area (Å²) in [6, 6.07) is 5.85. The highest BCUT2D eigenvalue weighted by atomic mass is 19.1. The predicted molar refractivity (Wildman–Crippen MR) is 70.1 cm³/mol. The number of hydrogen-bond acceptors (Lipinski definition) is 3. The van der Waals surface area contributed by atoms with Gasteiger partial charge in [0, 0.05) is 12.6 Å². The number of carbonyl (C=O) groups is 1. The van der Waals surface area contributed by atoms with Crippen molar-refractivity contribution in [2.45, 2.75) is 32.4 Å². The highest BCUT2D eigenvalue weighted by Gasteiger charge is 2.33. The van der Waals surface area contributed by atoms with Crippen LogP contribution in [-0.2, 0) is 4.79 Å². The smallest absolute Gasteiger partial charge is 0.244 e. The van der Waals surface area contributed by atoms with Crippen molar-refractivity contribution >= 4 is 11.6 Å². The van der Waals surface area contributed by atoms with Crippen molar-refractivity contribution in [1.29, 1.82) is 5.26 Å². The van der Waals surface area contributed by atoms with Gasteiger partial charge >= 0.3 is 0 Å². The van der Waals surface area contributed by atoms with Crippen LogP contribution in [0.25, 0.3) is 0 Å². The van der Waals surface area contributed by atoms with Crippen molar-refractivity contribution in [3.8, 4) is 6.07 Å². The van der Waals surface area contributed by atoms with E-state index < -0.39 is 5.82 Å². The van der Waals surface area contributed by atoms with Crippen LogP contribution >= 0.6 is 0 Å². The number of nitriles is 1. The molecule has 0 bridgehead atoms. The zero-order chi connectivity index (χ0) is 14.0. The summed E-state index contributed by atoms with van der Waals surface area (Å²) in [6.45, 7) is 4.51. The summed E-state index contributed by atoms with van der Waals surface area (Å²) in [5.41, 5.74) is 0.681. The SMILES string of the molecule is CC(C)NC1CCN(c2ccc(F)cc2C#N)C1=O. The van der Waals surface area contributed by atoms with Gasteiger partial charge in [-0.15, -0.1) is 0 Å². The minimum Gasteiger partial charge on any atom is -0.310 e. The van der Waals surface area contributed by atoms with Crippen molar-refractivity contribution in [1.82, 2.24) is 5.32 Å². The monoisotopic (exact) mass is 261 g/mol. The molecule has 100 valence electrons. The quantitative estimate of drug-likeness (QED) is 0.902. The fourth-order valence-corrected chi connectivity index (χ4v) is 2.31. The summed E-state index contributed by atoms with van der Waals surface area (Å²) in [5, 5.41) is 12.2. The standard InChI is InChI=1S/C14H16FN3O/c1-9(2)17-12-5-6-18(14(12)19)13-4-3-11(15)7-10(13)8-16/h3-4,7,9,12,17H,5-6H2,1-2H3. The lowest BCUT2D eigenvalue weighted by Crippen LogP contribution is -2.41. The number of anilines is 1. The third-order valence-corrected chi connectivity index (χ3v) is 3.11. The van der Waals surface area contributed by atoms with Crippen molar-refractivity contribution in [2.75, 3.05) is 11.4 Å². The van der Waals surface area contributed by atoms with Crippen molar-refractivity contribution in [3.05, 3.63) is 29.6 Å². The van der Waals surface area contributed by atoms with E-state index >= 15 is 0 Å². The molecule has 0 saturated carbocycles. The number of amides is 1. The molecule has 1 aromatic carbocycles. The maximum atomic E-state index is 13.1. The van der Waals surface area contributed by atoms with E-state index in [2.05, 4.69) is 5.32 Å². The molecule has 0 aromatic heterocycles.